The Kier molecular flexibility index (Phi) is 6.30. The molecule has 1 aliphatic heterocycles. The van der Waals surface area contributed by atoms with E-state index in [0.29, 0.717) is 31.6 Å². The number of ether oxygens (including phenoxy) is 1. The van der Waals surface area contributed by atoms with Gasteiger partial charge in [-0.3, -0.25) is 4.79 Å². The fraction of sp³-hybridized carbons (Fsp3) is 0.267. The van der Waals surface area contributed by atoms with Crippen molar-refractivity contribution in [2.45, 2.75) is 44.4 Å². The van der Waals surface area contributed by atoms with E-state index in [1.807, 2.05) is 18.2 Å². The summed E-state index contributed by atoms with van der Waals surface area (Å²) in [7, 11) is 0. The van der Waals surface area contributed by atoms with Crippen LogP contribution in [0.5, 0.6) is 0 Å². The van der Waals surface area contributed by atoms with Crippen LogP contribution in [0.1, 0.15) is 46.9 Å². The lowest BCUT2D eigenvalue weighted by molar-refractivity contribution is -0.669. The van der Waals surface area contributed by atoms with Gasteiger partial charge < -0.3 is 14.7 Å². The molecule has 6 heteroatoms. The predicted molar refractivity (Wildman–Crippen MR) is 144 cm³/mol. The van der Waals surface area contributed by atoms with Gasteiger partial charge in [0, 0.05) is 35.5 Å². The number of para-hydroxylation sites is 1. The Labute approximate surface area is 214 Å². The Bertz CT molecular complexity index is 1430. The Hall–Kier alpha value is -3.48. The number of aliphatic hydroxyl groups is 1. The summed E-state index contributed by atoms with van der Waals surface area (Å²) in [6.07, 6.45) is 8.06. The molecule has 0 amide bonds. The average Bonchev–Trinajstić information content (AvgIpc) is 3.61. The minimum atomic E-state index is 0.0720. The number of aliphatic hydroxyl groups excluding tert-OH is 1. The minimum absolute atomic E-state index is 0.0720. The van der Waals surface area contributed by atoms with Gasteiger partial charge in [-0.15, -0.1) is 0 Å². The molecule has 1 aliphatic carbocycles. The molecule has 2 aliphatic rings. The molecule has 6 rings (SSSR count). The molecule has 2 heterocycles. The molecule has 0 bridgehead atoms. The number of carbonyl (C=O) groups is 1. The van der Waals surface area contributed by atoms with Crippen molar-refractivity contribution >= 4 is 51.6 Å². The number of aromatic nitrogens is 1. The van der Waals surface area contributed by atoms with Gasteiger partial charge in [-0.2, -0.15) is 4.57 Å². The highest BCUT2D eigenvalue weighted by Crippen LogP contribution is 2.52. The maximum Gasteiger partial charge on any atom is 0.293 e. The van der Waals surface area contributed by atoms with E-state index in [0.717, 1.165) is 16.1 Å². The predicted octanol–water partition coefficient (Wildman–Crippen LogP) is 5.81. The van der Waals surface area contributed by atoms with Gasteiger partial charge in [0.25, 0.3) is 11.5 Å². The zero-order valence-corrected chi connectivity index (χ0v) is 20.9. The van der Waals surface area contributed by atoms with Gasteiger partial charge in [-0.25, -0.2) is 0 Å². The van der Waals surface area contributed by atoms with E-state index in [1.54, 1.807) is 11.3 Å². The number of nitrogens with zero attached hydrogens (tertiary/aromatic N) is 2. The first-order valence-corrected chi connectivity index (χ1v) is 13.4. The zero-order valence-electron chi connectivity index (χ0n) is 20.0. The topological polar surface area (TPSA) is 53.7 Å². The number of anilines is 2. The van der Waals surface area contributed by atoms with Gasteiger partial charge in [0.15, 0.2) is 6.54 Å². The lowest BCUT2D eigenvalue weighted by Crippen LogP contribution is -2.37. The number of fused-ring (bicyclic) bond motifs is 4. The summed E-state index contributed by atoms with van der Waals surface area (Å²) in [5.74, 6) is 0.556. The van der Waals surface area contributed by atoms with E-state index in [1.165, 1.54) is 46.5 Å². The number of hydrogen-bond donors (Lipinski definition) is 1. The summed E-state index contributed by atoms with van der Waals surface area (Å²) < 4.78 is 8.42. The maximum atomic E-state index is 10.7. The molecule has 4 aromatic rings. The molecule has 1 saturated carbocycles. The highest BCUT2D eigenvalue weighted by molar-refractivity contribution is 7.18. The van der Waals surface area contributed by atoms with E-state index in [-0.39, 0.29) is 6.61 Å². The van der Waals surface area contributed by atoms with Crippen molar-refractivity contribution in [1.29, 1.82) is 0 Å². The van der Waals surface area contributed by atoms with Crippen molar-refractivity contribution in [2.75, 3.05) is 11.5 Å². The van der Waals surface area contributed by atoms with Crippen LogP contribution in [-0.4, -0.2) is 24.2 Å². The number of hydrogen-bond acceptors (Lipinski definition) is 5. The van der Waals surface area contributed by atoms with E-state index >= 15 is 0 Å². The third-order valence-corrected chi connectivity index (χ3v) is 8.61. The summed E-state index contributed by atoms with van der Waals surface area (Å²) in [5, 5.41) is 10.6. The van der Waals surface area contributed by atoms with Gasteiger partial charge in [-0.1, -0.05) is 48.1 Å². The van der Waals surface area contributed by atoms with E-state index in [4.69, 9.17) is 4.74 Å². The average molecular weight is 498 g/mol. The van der Waals surface area contributed by atoms with E-state index in [9.17, 15) is 9.90 Å². The molecule has 0 radical (unpaired) electrons. The van der Waals surface area contributed by atoms with Gasteiger partial charge in [0.05, 0.1) is 6.61 Å². The molecule has 1 fully saturated rings. The summed E-state index contributed by atoms with van der Waals surface area (Å²) in [6, 6.07) is 24.0. The minimum Gasteiger partial charge on any atom is -0.461 e. The van der Waals surface area contributed by atoms with Crippen molar-refractivity contribution in [1.82, 2.24) is 0 Å². The molecular formula is C30H29N2O3S+. The molecule has 0 saturated heterocycles. The second-order valence-corrected chi connectivity index (χ2v) is 10.5. The lowest BCUT2D eigenvalue weighted by Gasteiger charge is -2.27. The van der Waals surface area contributed by atoms with E-state index in [2.05, 4.69) is 70.1 Å². The summed E-state index contributed by atoms with van der Waals surface area (Å²) >= 11 is 1.75. The van der Waals surface area contributed by atoms with Crippen molar-refractivity contribution in [3.05, 3.63) is 88.4 Å². The quantitative estimate of drug-likeness (QED) is 0.190. The van der Waals surface area contributed by atoms with Crippen LogP contribution in [0, 0.1) is 0 Å². The Balaban J connectivity index is 1.32. The first-order chi connectivity index (χ1) is 17.8. The molecule has 182 valence electrons. The molecule has 2 unspecified atom stereocenters. The molecule has 1 aromatic heterocycles. The fourth-order valence-corrected chi connectivity index (χ4v) is 6.93. The molecule has 2 atom stereocenters. The van der Waals surface area contributed by atoms with Gasteiger partial charge >= 0.3 is 0 Å². The van der Waals surface area contributed by atoms with Gasteiger partial charge in [0.1, 0.15) is 11.3 Å². The van der Waals surface area contributed by atoms with Crippen LogP contribution in [0.4, 0.5) is 11.4 Å². The molecular weight excluding hydrogens is 468 g/mol. The molecule has 36 heavy (non-hydrogen) atoms. The standard InChI is InChI=1S/C30H29N2O3S/c33-19-22-8-12-23(13-9-22)32-26-6-3-4-24(26)25-18-21(10-14-27(25)32)11-15-30-31(16-17-35-20-34)28-5-1-2-7-29(28)36-30/h1-2,5,7-15,18,20,24,26,33H,3-4,6,16-17,19H2/q+1. The van der Waals surface area contributed by atoms with Crippen molar-refractivity contribution < 1.29 is 19.2 Å². The number of benzene rings is 3. The maximum absolute atomic E-state index is 10.7. The molecule has 5 nitrogen and oxygen atoms in total. The van der Waals surface area contributed by atoms with Gasteiger partial charge in [-0.05, 0) is 65.9 Å². The van der Waals surface area contributed by atoms with Crippen molar-refractivity contribution in [2.24, 2.45) is 0 Å². The number of carbonyl (C=O) groups excluding carboxylic acids is 1. The van der Waals surface area contributed by atoms with Crippen molar-refractivity contribution in [3.8, 4) is 0 Å². The van der Waals surface area contributed by atoms with Crippen LogP contribution in [-0.2, 0) is 22.7 Å². The number of thiazole rings is 1. The van der Waals surface area contributed by atoms with Crippen LogP contribution in [0.25, 0.3) is 22.4 Å². The Morgan fingerprint density at radius 2 is 1.92 bits per heavy atom. The highest BCUT2D eigenvalue weighted by Gasteiger charge is 2.42. The zero-order chi connectivity index (χ0) is 24.5. The highest BCUT2D eigenvalue weighted by atomic mass is 32.1. The fourth-order valence-electron chi connectivity index (χ4n) is 5.84. The molecule has 3 aromatic carbocycles. The van der Waals surface area contributed by atoms with E-state index < -0.39 is 0 Å². The molecule has 1 N–H and O–H groups in total. The second-order valence-electron chi connectivity index (χ2n) is 9.48. The van der Waals surface area contributed by atoms with Crippen LogP contribution in [0.15, 0.2) is 66.7 Å². The molecule has 0 spiro atoms. The number of rotatable bonds is 8. The third kappa shape index (κ3) is 4.10. The third-order valence-electron chi connectivity index (χ3n) is 7.47. The van der Waals surface area contributed by atoms with Crippen LogP contribution < -0.4 is 9.47 Å². The lowest BCUT2D eigenvalue weighted by atomic mass is 9.96. The van der Waals surface area contributed by atoms with Crippen LogP contribution in [0.3, 0.4) is 0 Å². The van der Waals surface area contributed by atoms with Crippen molar-refractivity contribution in [3.63, 3.8) is 0 Å². The summed E-state index contributed by atoms with van der Waals surface area (Å²) in [6.45, 7) is 1.56. The Morgan fingerprint density at radius 1 is 1.06 bits per heavy atom. The smallest absolute Gasteiger partial charge is 0.293 e. The van der Waals surface area contributed by atoms with Gasteiger partial charge in [0.2, 0.25) is 5.52 Å². The first kappa shape index (κ1) is 23.0. The monoisotopic (exact) mass is 497 g/mol. The first-order valence-electron chi connectivity index (χ1n) is 12.5. The largest absolute Gasteiger partial charge is 0.461 e. The SMILES string of the molecule is O=COCC[n+]1c(/C=C/c2ccc3c(c2)C2CCCC2N3c2ccc(CO)cc2)sc2ccccc21. The Morgan fingerprint density at radius 3 is 2.75 bits per heavy atom. The van der Waals surface area contributed by atoms with Crippen LogP contribution >= 0.6 is 11.3 Å². The van der Waals surface area contributed by atoms with Crippen LogP contribution in [0.2, 0.25) is 0 Å². The summed E-state index contributed by atoms with van der Waals surface area (Å²) in [5.41, 5.74) is 7.25. The summed E-state index contributed by atoms with van der Waals surface area (Å²) in [4.78, 5) is 13.2. The second kappa shape index (κ2) is 9.88. The normalized spacial score (nSPS) is 18.6.